The summed E-state index contributed by atoms with van der Waals surface area (Å²) < 4.78 is 7.57. The molecule has 37 heavy (non-hydrogen) atoms. The summed E-state index contributed by atoms with van der Waals surface area (Å²) in [6, 6.07) is 27.8. The average Bonchev–Trinajstić information content (AvgIpc) is 3.25. The van der Waals surface area contributed by atoms with Crippen molar-refractivity contribution in [2.45, 2.75) is 38.1 Å². The number of nitrogens with one attached hydrogen (secondary N) is 1. The maximum Gasteiger partial charge on any atom is 0.359 e. The minimum Gasteiger partial charge on any atom is -0.494 e. The number of aliphatic hydroxyl groups excluding tert-OH is 1. The van der Waals surface area contributed by atoms with E-state index in [1.165, 1.54) is 0 Å². The Morgan fingerprint density at radius 3 is 2.27 bits per heavy atom. The topological polar surface area (TPSA) is 75.3 Å². The van der Waals surface area contributed by atoms with Gasteiger partial charge >= 0.3 is 11.7 Å². The lowest BCUT2D eigenvalue weighted by Crippen LogP contribution is -2.44. The Labute approximate surface area is 217 Å². The van der Waals surface area contributed by atoms with E-state index in [1.807, 2.05) is 79.0 Å². The number of rotatable bonds is 11. The van der Waals surface area contributed by atoms with Crippen molar-refractivity contribution in [2.75, 3.05) is 18.5 Å². The molecule has 0 aliphatic carbocycles. The number of unbranched alkanes of at least 4 members (excludes halogenated alkanes) is 2. The highest BCUT2D eigenvalue weighted by Gasteiger charge is 2.41. The van der Waals surface area contributed by atoms with Crippen molar-refractivity contribution in [3.63, 3.8) is 0 Å². The molecule has 4 aromatic rings. The summed E-state index contributed by atoms with van der Waals surface area (Å²) in [4.78, 5) is 18.5. The van der Waals surface area contributed by atoms with Gasteiger partial charge in [0.15, 0.2) is 6.04 Å². The van der Waals surface area contributed by atoms with Crippen molar-refractivity contribution in [2.24, 2.45) is 0 Å². The van der Waals surface area contributed by atoms with E-state index in [9.17, 15) is 4.79 Å². The molecule has 1 atom stereocenters. The lowest BCUT2D eigenvalue weighted by Gasteiger charge is -2.09. The van der Waals surface area contributed by atoms with Gasteiger partial charge in [-0.15, -0.1) is 0 Å². The second-order valence-corrected chi connectivity index (χ2v) is 9.34. The number of nitrogens with zero attached hydrogens (tertiary/aromatic N) is 2. The van der Waals surface area contributed by atoms with Gasteiger partial charge in [0.1, 0.15) is 23.3 Å². The van der Waals surface area contributed by atoms with Gasteiger partial charge in [-0.05, 0) is 54.7 Å². The third-order valence-electron chi connectivity index (χ3n) is 6.59. The smallest absolute Gasteiger partial charge is 0.359 e. The molecule has 0 fully saturated rings. The van der Waals surface area contributed by atoms with E-state index >= 15 is 0 Å². The molecule has 5 rings (SSSR count). The van der Waals surface area contributed by atoms with E-state index in [4.69, 9.17) is 14.8 Å². The minimum atomic E-state index is -0.337. The third kappa shape index (κ3) is 6.04. The van der Waals surface area contributed by atoms with Crippen molar-refractivity contribution in [3.8, 4) is 17.0 Å². The van der Waals surface area contributed by atoms with E-state index in [-0.39, 0.29) is 18.6 Å². The molecule has 2 N–H and O–H groups in total. The number of benzene rings is 3. The van der Waals surface area contributed by atoms with Crippen LogP contribution < -0.4 is 14.6 Å². The number of anilines is 1. The van der Waals surface area contributed by atoms with Crippen molar-refractivity contribution in [1.82, 2.24) is 4.98 Å². The van der Waals surface area contributed by atoms with Crippen LogP contribution in [0.15, 0.2) is 91.1 Å². The van der Waals surface area contributed by atoms with E-state index < -0.39 is 0 Å². The lowest BCUT2D eigenvalue weighted by molar-refractivity contribution is -0.552. The summed E-state index contributed by atoms with van der Waals surface area (Å²) in [6.07, 6.45) is 5.74. The van der Waals surface area contributed by atoms with Crippen LogP contribution in [0, 0.1) is 0 Å². The zero-order chi connectivity index (χ0) is 25.5. The maximum atomic E-state index is 13.5. The van der Waals surface area contributed by atoms with Crippen LogP contribution in [0.5, 0.6) is 5.75 Å². The Balaban J connectivity index is 1.40. The van der Waals surface area contributed by atoms with Crippen molar-refractivity contribution in [1.29, 1.82) is 0 Å². The van der Waals surface area contributed by atoms with Gasteiger partial charge in [0, 0.05) is 25.0 Å². The molecule has 0 bridgehead atoms. The Morgan fingerprint density at radius 1 is 0.865 bits per heavy atom. The van der Waals surface area contributed by atoms with Gasteiger partial charge in [0.05, 0.1) is 6.61 Å². The molecule has 1 unspecified atom stereocenters. The summed E-state index contributed by atoms with van der Waals surface area (Å²) in [5.74, 6) is 1.59. The molecule has 6 heteroatoms. The van der Waals surface area contributed by atoms with E-state index in [0.717, 1.165) is 58.9 Å². The number of carbonyl (C=O) groups excluding carboxylic acids is 1. The predicted molar refractivity (Wildman–Crippen MR) is 144 cm³/mol. The largest absolute Gasteiger partial charge is 0.494 e. The van der Waals surface area contributed by atoms with Crippen LogP contribution in [0.2, 0.25) is 0 Å². The molecule has 1 aromatic heterocycles. The van der Waals surface area contributed by atoms with Gasteiger partial charge < -0.3 is 9.84 Å². The highest BCUT2D eigenvalue weighted by molar-refractivity contribution is 5.82. The SMILES string of the molecule is O=C1C(Cc2ccccc2)Nc2c(Cc3ccccc3)nc(-c3ccc(OCCCCCO)cc3)c[n+]21. The molecule has 0 amide bonds. The van der Waals surface area contributed by atoms with Gasteiger partial charge in [-0.2, -0.15) is 4.57 Å². The van der Waals surface area contributed by atoms with Crippen molar-refractivity contribution in [3.05, 3.63) is 108 Å². The Morgan fingerprint density at radius 2 is 1.57 bits per heavy atom. The first-order chi connectivity index (χ1) is 18.2. The fourth-order valence-electron chi connectivity index (χ4n) is 4.62. The summed E-state index contributed by atoms with van der Waals surface area (Å²) >= 11 is 0. The number of aliphatic hydroxyl groups is 1. The van der Waals surface area contributed by atoms with E-state index in [0.29, 0.717) is 19.4 Å². The van der Waals surface area contributed by atoms with E-state index in [2.05, 4.69) is 17.4 Å². The first-order valence-electron chi connectivity index (χ1n) is 12.9. The summed E-state index contributed by atoms with van der Waals surface area (Å²) in [6.45, 7) is 0.842. The summed E-state index contributed by atoms with van der Waals surface area (Å²) in [5.41, 5.74) is 4.78. The first-order valence-corrected chi connectivity index (χ1v) is 12.9. The zero-order valence-corrected chi connectivity index (χ0v) is 20.8. The third-order valence-corrected chi connectivity index (χ3v) is 6.59. The Kier molecular flexibility index (Phi) is 7.87. The Hall–Kier alpha value is -4.03. The number of carbonyl (C=O) groups is 1. The van der Waals surface area contributed by atoms with Gasteiger partial charge in [0.25, 0.3) is 0 Å². The van der Waals surface area contributed by atoms with Gasteiger partial charge in [-0.1, -0.05) is 60.7 Å². The second kappa shape index (κ2) is 11.8. The normalized spacial score (nSPS) is 14.3. The monoisotopic (exact) mass is 494 g/mol. The van der Waals surface area contributed by atoms with Gasteiger partial charge in [0.2, 0.25) is 0 Å². The highest BCUT2D eigenvalue weighted by Crippen LogP contribution is 2.26. The Bertz CT molecular complexity index is 1330. The molecule has 0 saturated heterocycles. The molecule has 188 valence electrons. The quantitative estimate of drug-likeness (QED) is 0.230. The predicted octanol–water partition coefficient (Wildman–Crippen LogP) is 4.85. The molecule has 1 aliphatic heterocycles. The van der Waals surface area contributed by atoms with Crippen LogP contribution in [-0.2, 0) is 12.8 Å². The molecular formula is C31H32N3O3+. The number of hydrogen-bond acceptors (Lipinski definition) is 5. The average molecular weight is 495 g/mol. The fourth-order valence-corrected chi connectivity index (χ4v) is 4.62. The highest BCUT2D eigenvalue weighted by atomic mass is 16.5. The summed E-state index contributed by atoms with van der Waals surface area (Å²) in [7, 11) is 0. The molecular weight excluding hydrogens is 462 g/mol. The molecule has 2 heterocycles. The molecule has 0 radical (unpaired) electrons. The second-order valence-electron chi connectivity index (χ2n) is 9.34. The number of fused-ring (bicyclic) bond motifs is 1. The fraction of sp³-hybridized carbons (Fsp3) is 0.258. The van der Waals surface area contributed by atoms with Crippen LogP contribution in [-0.4, -0.2) is 35.3 Å². The van der Waals surface area contributed by atoms with Gasteiger partial charge in [-0.25, -0.2) is 9.78 Å². The standard InChI is InChI=1S/C31H31N3O3/c35-18-8-3-9-19-37-26-16-14-25(15-17-26)29-22-34-30(27(32-29)20-23-10-4-1-5-11-23)33-28(31(34)36)21-24-12-6-2-7-13-24/h1-2,4-7,10-17,22,28,35H,3,8-9,18-21H2/p+1. The number of aromatic nitrogens is 2. The van der Waals surface area contributed by atoms with Crippen LogP contribution >= 0.6 is 0 Å². The van der Waals surface area contributed by atoms with Gasteiger partial charge in [-0.3, -0.25) is 5.32 Å². The molecule has 1 aliphatic rings. The van der Waals surface area contributed by atoms with Crippen LogP contribution in [0.25, 0.3) is 11.3 Å². The minimum absolute atomic E-state index is 0.0275. The lowest BCUT2D eigenvalue weighted by atomic mass is 10.1. The molecule has 0 saturated carbocycles. The number of ether oxygens (including phenoxy) is 1. The molecule has 3 aromatic carbocycles. The van der Waals surface area contributed by atoms with Crippen LogP contribution in [0.4, 0.5) is 5.82 Å². The zero-order valence-electron chi connectivity index (χ0n) is 20.8. The van der Waals surface area contributed by atoms with Crippen molar-refractivity contribution >= 4 is 11.7 Å². The summed E-state index contributed by atoms with van der Waals surface area (Å²) in [5, 5.41) is 12.4. The number of hydrogen-bond donors (Lipinski definition) is 2. The van der Waals surface area contributed by atoms with E-state index in [1.54, 1.807) is 4.57 Å². The van der Waals surface area contributed by atoms with Crippen LogP contribution in [0.1, 0.15) is 40.9 Å². The first kappa shape index (κ1) is 24.7. The van der Waals surface area contributed by atoms with Crippen molar-refractivity contribution < 1.29 is 19.2 Å². The molecule has 0 spiro atoms. The van der Waals surface area contributed by atoms with Crippen LogP contribution in [0.3, 0.4) is 0 Å². The molecule has 6 nitrogen and oxygen atoms in total. The maximum absolute atomic E-state index is 13.5.